The van der Waals surface area contributed by atoms with E-state index < -0.39 is 5.97 Å². The van der Waals surface area contributed by atoms with E-state index in [0.29, 0.717) is 43.0 Å². The Bertz CT molecular complexity index is 1540. The summed E-state index contributed by atoms with van der Waals surface area (Å²) in [5.74, 6) is -0.0510. The van der Waals surface area contributed by atoms with Crippen molar-refractivity contribution in [2.45, 2.75) is 39.7 Å². The number of hydrogen-bond acceptors (Lipinski definition) is 6. The predicted molar refractivity (Wildman–Crippen MR) is 166 cm³/mol. The van der Waals surface area contributed by atoms with E-state index in [9.17, 15) is 14.4 Å². The highest BCUT2D eigenvalue weighted by molar-refractivity contribution is 5.96. The highest BCUT2D eigenvalue weighted by Gasteiger charge is 2.37. The molecule has 0 bridgehead atoms. The summed E-state index contributed by atoms with van der Waals surface area (Å²) < 4.78 is 11.0. The lowest BCUT2D eigenvalue weighted by Gasteiger charge is -2.37. The molecule has 0 saturated carbocycles. The molecule has 8 nitrogen and oxygen atoms in total. The molecule has 3 aromatic rings. The van der Waals surface area contributed by atoms with Crippen LogP contribution in [0.25, 0.3) is 0 Å². The van der Waals surface area contributed by atoms with Crippen molar-refractivity contribution in [1.82, 2.24) is 9.80 Å². The fourth-order valence-electron chi connectivity index (χ4n) is 6.13. The summed E-state index contributed by atoms with van der Waals surface area (Å²) in [4.78, 5) is 46.0. The minimum Gasteiger partial charge on any atom is -0.495 e. The van der Waals surface area contributed by atoms with Crippen LogP contribution in [0, 0.1) is 6.92 Å². The molecule has 0 aliphatic carbocycles. The number of rotatable bonds is 8. The topological polar surface area (TPSA) is 79.4 Å². The number of carbonyl (C=O) groups is 3. The normalized spacial score (nSPS) is 17.3. The number of ether oxygens (including phenoxy) is 2. The maximum absolute atomic E-state index is 13.5. The van der Waals surface area contributed by atoms with Crippen LogP contribution in [-0.4, -0.2) is 67.5 Å². The molecule has 1 saturated heterocycles. The van der Waals surface area contributed by atoms with E-state index in [-0.39, 0.29) is 37.3 Å². The number of amides is 2. The third-order valence-corrected chi connectivity index (χ3v) is 8.39. The van der Waals surface area contributed by atoms with Crippen LogP contribution in [0.2, 0.25) is 0 Å². The summed E-state index contributed by atoms with van der Waals surface area (Å²) in [6.07, 6.45) is 0.172. The number of allylic oxidation sites excluding steroid dienone is 1. The molecule has 5 rings (SSSR count). The van der Waals surface area contributed by atoms with Crippen molar-refractivity contribution in [3.05, 3.63) is 106 Å². The molecule has 1 atom stereocenters. The summed E-state index contributed by atoms with van der Waals surface area (Å²) in [7, 11) is 1.67. The Kier molecular flexibility index (Phi) is 9.14. The van der Waals surface area contributed by atoms with E-state index in [1.807, 2.05) is 91.5 Å². The molecule has 2 aliphatic rings. The van der Waals surface area contributed by atoms with Gasteiger partial charge in [-0.1, -0.05) is 48.5 Å². The lowest BCUT2D eigenvalue weighted by molar-refractivity contribution is -0.140. The average Bonchev–Trinajstić information content (AvgIpc) is 3.03. The van der Waals surface area contributed by atoms with Crippen LogP contribution in [-0.2, 0) is 20.9 Å². The van der Waals surface area contributed by atoms with Gasteiger partial charge in [0.15, 0.2) is 0 Å². The van der Waals surface area contributed by atoms with E-state index in [1.54, 1.807) is 18.9 Å². The minimum absolute atomic E-state index is 0.0365. The molecule has 224 valence electrons. The molecule has 2 heterocycles. The molecule has 43 heavy (non-hydrogen) atoms. The molecule has 2 aliphatic heterocycles. The molecule has 0 aromatic heterocycles. The van der Waals surface area contributed by atoms with Crippen molar-refractivity contribution in [2.24, 2.45) is 0 Å². The fraction of sp³-hybridized carbons (Fsp3) is 0.343. The molecule has 1 fully saturated rings. The summed E-state index contributed by atoms with van der Waals surface area (Å²) in [6.45, 7) is 8.69. The maximum atomic E-state index is 13.5. The van der Waals surface area contributed by atoms with Crippen LogP contribution >= 0.6 is 0 Å². The highest BCUT2D eigenvalue weighted by Crippen LogP contribution is 2.39. The maximum Gasteiger partial charge on any atom is 0.336 e. The molecule has 0 spiro atoms. The number of piperazine rings is 1. The first kappa shape index (κ1) is 29.9. The summed E-state index contributed by atoms with van der Waals surface area (Å²) >= 11 is 0. The zero-order chi connectivity index (χ0) is 30.5. The van der Waals surface area contributed by atoms with Crippen molar-refractivity contribution in [2.75, 3.05) is 44.8 Å². The first-order chi connectivity index (χ1) is 20.8. The first-order valence-electron chi connectivity index (χ1n) is 14.8. The highest BCUT2D eigenvalue weighted by atomic mass is 16.5. The van der Waals surface area contributed by atoms with E-state index in [4.69, 9.17) is 9.47 Å². The largest absolute Gasteiger partial charge is 0.495 e. The summed E-state index contributed by atoms with van der Waals surface area (Å²) in [6, 6.07) is 23.2. The smallest absolute Gasteiger partial charge is 0.336 e. The number of esters is 1. The van der Waals surface area contributed by atoms with E-state index in [2.05, 4.69) is 4.90 Å². The summed E-state index contributed by atoms with van der Waals surface area (Å²) in [5.41, 5.74) is 5.51. The Morgan fingerprint density at radius 1 is 0.907 bits per heavy atom. The standard InChI is InChI=1S/C35H39N3O5/c1-5-43-35(41)33-25(3)38(32(39)22-29(33)28-14-7-6-11-24(28)2)23-26-12-10-13-27(21-26)34(40)37-19-17-36(18-20-37)30-15-8-9-16-31(30)42-4/h6-16,21,29H,5,17-20,22-23H2,1-4H3. The molecule has 3 aromatic carbocycles. The molecule has 2 amide bonds. The molecule has 0 radical (unpaired) electrons. The molecular formula is C35H39N3O5. The van der Waals surface area contributed by atoms with E-state index in [0.717, 1.165) is 28.1 Å². The number of benzene rings is 3. The number of para-hydroxylation sites is 2. The van der Waals surface area contributed by atoms with Crippen LogP contribution in [0.15, 0.2) is 84.1 Å². The number of nitrogens with zero attached hydrogens (tertiary/aromatic N) is 3. The Morgan fingerprint density at radius 2 is 1.63 bits per heavy atom. The lowest BCUT2D eigenvalue weighted by atomic mass is 9.81. The third-order valence-electron chi connectivity index (χ3n) is 8.39. The van der Waals surface area contributed by atoms with Crippen molar-refractivity contribution >= 4 is 23.5 Å². The Labute approximate surface area is 253 Å². The summed E-state index contributed by atoms with van der Waals surface area (Å²) in [5, 5.41) is 0. The average molecular weight is 582 g/mol. The minimum atomic E-state index is -0.401. The Hall–Kier alpha value is -4.59. The number of anilines is 1. The number of aryl methyl sites for hydroxylation is 1. The first-order valence-corrected chi connectivity index (χ1v) is 14.8. The van der Waals surface area contributed by atoms with E-state index >= 15 is 0 Å². The van der Waals surface area contributed by atoms with Gasteiger partial charge in [-0.25, -0.2) is 4.79 Å². The van der Waals surface area contributed by atoms with Gasteiger partial charge in [0.05, 0.1) is 31.5 Å². The lowest BCUT2D eigenvalue weighted by Crippen LogP contribution is -2.48. The van der Waals surface area contributed by atoms with E-state index in [1.165, 1.54) is 0 Å². The van der Waals surface area contributed by atoms with Gasteiger partial charge in [0.1, 0.15) is 5.75 Å². The molecule has 8 heteroatoms. The quantitative estimate of drug-likeness (QED) is 0.335. The van der Waals surface area contributed by atoms with Crippen molar-refractivity contribution < 1.29 is 23.9 Å². The van der Waals surface area contributed by atoms with Crippen LogP contribution in [0.3, 0.4) is 0 Å². The Morgan fingerprint density at radius 3 is 2.35 bits per heavy atom. The van der Waals surface area contributed by atoms with Gasteiger partial charge in [0, 0.05) is 49.8 Å². The van der Waals surface area contributed by atoms with Gasteiger partial charge in [-0.05, 0) is 61.7 Å². The van der Waals surface area contributed by atoms with Gasteiger partial charge in [-0.2, -0.15) is 0 Å². The molecule has 0 N–H and O–H groups in total. The SMILES string of the molecule is CCOC(=O)C1=C(C)N(Cc2cccc(C(=O)N3CCN(c4ccccc4OC)CC3)c2)C(=O)CC1c1ccccc1C. The van der Waals surface area contributed by atoms with Gasteiger partial charge in [0.2, 0.25) is 5.91 Å². The second-order valence-corrected chi connectivity index (χ2v) is 11.0. The molecular weight excluding hydrogens is 542 g/mol. The van der Waals surface area contributed by atoms with Gasteiger partial charge >= 0.3 is 5.97 Å². The van der Waals surface area contributed by atoms with Crippen LogP contribution in [0.5, 0.6) is 5.75 Å². The van der Waals surface area contributed by atoms with Crippen LogP contribution in [0.4, 0.5) is 5.69 Å². The zero-order valence-electron chi connectivity index (χ0n) is 25.3. The van der Waals surface area contributed by atoms with Gasteiger partial charge in [-0.15, -0.1) is 0 Å². The monoisotopic (exact) mass is 581 g/mol. The molecule has 1 unspecified atom stereocenters. The van der Waals surface area contributed by atoms with Crippen molar-refractivity contribution in [3.63, 3.8) is 0 Å². The van der Waals surface area contributed by atoms with Gasteiger partial charge in [0.25, 0.3) is 5.91 Å². The second-order valence-electron chi connectivity index (χ2n) is 11.0. The van der Waals surface area contributed by atoms with Crippen molar-refractivity contribution in [3.8, 4) is 5.75 Å². The number of methoxy groups -OCH3 is 1. The van der Waals surface area contributed by atoms with Gasteiger partial charge < -0.3 is 24.2 Å². The predicted octanol–water partition coefficient (Wildman–Crippen LogP) is 5.32. The zero-order valence-corrected chi connectivity index (χ0v) is 25.3. The fourth-order valence-corrected chi connectivity index (χ4v) is 6.13. The van der Waals surface area contributed by atoms with Crippen LogP contribution < -0.4 is 9.64 Å². The Balaban J connectivity index is 1.33. The second kappa shape index (κ2) is 13.2. The van der Waals surface area contributed by atoms with Crippen molar-refractivity contribution in [1.29, 1.82) is 0 Å². The number of carbonyl (C=O) groups excluding carboxylic acids is 3. The van der Waals surface area contributed by atoms with Gasteiger partial charge in [-0.3, -0.25) is 9.59 Å². The number of hydrogen-bond donors (Lipinski definition) is 0. The third kappa shape index (κ3) is 6.28. The van der Waals surface area contributed by atoms with Crippen LogP contribution in [0.1, 0.15) is 53.2 Å².